The van der Waals surface area contributed by atoms with Crippen LogP contribution < -0.4 is 0 Å². The Kier molecular flexibility index (Phi) is 2.66. The number of fused-ring (bicyclic) bond motifs is 4. The fourth-order valence-corrected chi connectivity index (χ4v) is 3.95. The molecule has 0 atom stereocenters. The van der Waals surface area contributed by atoms with Crippen molar-refractivity contribution in [3.05, 3.63) is 71.9 Å². The van der Waals surface area contributed by atoms with E-state index in [0.717, 1.165) is 0 Å². The Balaban J connectivity index is 2.00. The summed E-state index contributed by atoms with van der Waals surface area (Å²) in [5.74, 6) is 0. The van der Waals surface area contributed by atoms with Crippen LogP contribution >= 0.6 is 0 Å². The van der Waals surface area contributed by atoms with Gasteiger partial charge in [0.2, 0.25) is 0 Å². The Bertz CT molecular complexity index is 1220. The lowest BCUT2D eigenvalue weighted by Crippen LogP contribution is -1.84. The van der Waals surface area contributed by atoms with E-state index < -0.39 is 0 Å². The summed E-state index contributed by atoms with van der Waals surface area (Å²) in [6.45, 7) is 4.33. The van der Waals surface area contributed by atoms with E-state index in [1.54, 1.807) is 0 Å². The summed E-state index contributed by atoms with van der Waals surface area (Å²) in [5.41, 5.74) is 8.69. The first-order valence-corrected chi connectivity index (χ1v) is 8.31. The second-order valence-corrected chi connectivity index (χ2v) is 6.58. The Morgan fingerprint density at radius 3 is 2.12 bits per heavy atom. The van der Waals surface area contributed by atoms with Crippen molar-refractivity contribution in [1.82, 2.24) is 9.97 Å². The molecular formula is C22H18N2. The molecule has 5 aromatic rings. The maximum Gasteiger partial charge on any atom is 0.0473 e. The predicted molar refractivity (Wildman–Crippen MR) is 103 cm³/mol. The van der Waals surface area contributed by atoms with Crippen LogP contribution in [0.4, 0.5) is 0 Å². The van der Waals surface area contributed by atoms with Crippen molar-refractivity contribution in [3.8, 4) is 11.1 Å². The lowest BCUT2D eigenvalue weighted by molar-refractivity contribution is 1.30. The van der Waals surface area contributed by atoms with E-state index in [-0.39, 0.29) is 0 Å². The van der Waals surface area contributed by atoms with Crippen molar-refractivity contribution in [1.29, 1.82) is 0 Å². The third-order valence-electron chi connectivity index (χ3n) is 4.91. The predicted octanol–water partition coefficient (Wildman–Crippen LogP) is 6.09. The molecule has 0 unspecified atom stereocenters. The van der Waals surface area contributed by atoms with Crippen LogP contribution in [-0.4, -0.2) is 9.97 Å². The van der Waals surface area contributed by atoms with Gasteiger partial charge in [-0.1, -0.05) is 42.5 Å². The van der Waals surface area contributed by atoms with Crippen molar-refractivity contribution >= 4 is 32.7 Å². The molecule has 0 aliphatic rings. The quantitative estimate of drug-likeness (QED) is 0.376. The van der Waals surface area contributed by atoms with Gasteiger partial charge < -0.3 is 9.97 Å². The molecule has 0 spiro atoms. The molecule has 0 fully saturated rings. The largest absolute Gasteiger partial charge is 0.358 e. The average Bonchev–Trinajstić information content (AvgIpc) is 3.10. The summed E-state index contributed by atoms with van der Waals surface area (Å²) in [6, 6.07) is 21.6. The number of aromatic nitrogens is 2. The number of hydrogen-bond acceptors (Lipinski definition) is 0. The molecule has 0 saturated carbocycles. The Morgan fingerprint density at radius 1 is 0.667 bits per heavy atom. The van der Waals surface area contributed by atoms with Crippen molar-refractivity contribution in [3.63, 3.8) is 0 Å². The zero-order valence-corrected chi connectivity index (χ0v) is 13.8. The van der Waals surface area contributed by atoms with Gasteiger partial charge in [-0.15, -0.1) is 0 Å². The number of aryl methyl sites for hydroxylation is 2. The van der Waals surface area contributed by atoms with E-state index in [9.17, 15) is 0 Å². The van der Waals surface area contributed by atoms with Gasteiger partial charge in [0.25, 0.3) is 0 Å². The van der Waals surface area contributed by atoms with Crippen LogP contribution in [0.3, 0.4) is 0 Å². The van der Waals surface area contributed by atoms with Crippen molar-refractivity contribution in [2.45, 2.75) is 13.8 Å². The monoisotopic (exact) mass is 310 g/mol. The Morgan fingerprint density at radius 2 is 1.33 bits per heavy atom. The first kappa shape index (κ1) is 13.4. The highest BCUT2D eigenvalue weighted by Crippen LogP contribution is 2.40. The highest BCUT2D eigenvalue weighted by molar-refractivity contribution is 6.17. The molecule has 5 rings (SSSR count). The molecule has 0 saturated heterocycles. The molecule has 3 aromatic carbocycles. The molecule has 2 heterocycles. The van der Waals surface area contributed by atoms with E-state index in [0.29, 0.717) is 0 Å². The summed E-state index contributed by atoms with van der Waals surface area (Å²) >= 11 is 0. The third-order valence-corrected chi connectivity index (χ3v) is 4.91. The van der Waals surface area contributed by atoms with Crippen molar-refractivity contribution in [2.24, 2.45) is 0 Å². The van der Waals surface area contributed by atoms with Crippen LogP contribution in [0.2, 0.25) is 0 Å². The normalized spacial score (nSPS) is 11.8. The lowest BCUT2D eigenvalue weighted by Gasteiger charge is -2.07. The minimum absolute atomic E-state index is 1.19. The average molecular weight is 310 g/mol. The molecule has 2 heteroatoms. The second kappa shape index (κ2) is 4.75. The van der Waals surface area contributed by atoms with Crippen LogP contribution in [0.25, 0.3) is 43.8 Å². The SMILES string of the molecule is Cc1cc(-c2c(C)[nH]c3ccccc23)c2c(c1)[nH]c1ccccc12. The topological polar surface area (TPSA) is 31.6 Å². The highest BCUT2D eigenvalue weighted by Gasteiger charge is 2.16. The van der Waals surface area contributed by atoms with Crippen molar-refractivity contribution in [2.75, 3.05) is 0 Å². The number of H-pyrrole nitrogens is 2. The molecule has 24 heavy (non-hydrogen) atoms. The van der Waals surface area contributed by atoms with Gasteiger partial charge in [0.1, 0.15) is 0 Å². The van der Waals surface area contributed by atoms with E-state index in [1.807, 2.05) is 0 Å². The molecule has 0 aliphatic heterocycles. The lowest BCUT2D eigenvalue weighted by atomic mass is 9.95. The van der Waals surface area contributed by atoms with E-state index in [1.165, 1.54) is 55.1 Å². The van der Waals surface area contributed by atoms with Crippen molar-refractivity contribution < 1.29 is 0 Å². The van der Waals surface area contributed by atoms with Crippen LogP contribution in [0.5, 0.6) is 0 Å². The molecule has 2 nitrogen and oxygen atoms in total. The van der Waals surface area contributed by atoms with Gasteiger partial charge in [0, 0.05) is 44.0 Å². The maximum atomic E-state index is 3.58. The number of benzene rings is 3. The number of para-hydroxylation sites is 2. The van der Waals surface area contributed by atoms with Gasteiger partial charge in [-0.2, -0.15) is 0 Å². The second-order valence-electron chi connectivity index (χ2n) is 6.58. The van der Waals surface area contributed by atoms with Gasteiger partial charge in [0.05, 0.1) is 0 Å². The fourth-order valence-electron chi connectivity index (χ4n) is 3.95. The summed E-state index contributed by atoms with van der Waals surface area (Å²) in [4.78, 5) is 7.12. The zero-order valence-electron chi connectivity index (χ0n) is 13.8. The minimum atomic E-state index is 1.19. The number of aromatic amines is 2. The Hall–Kier alpha value is -3.00. The number of rotatable bonds is 1. The standard InChI is InChI=1S/C22H18N2/c1-13-11-17(21-14(2)23-18-9-5-3-7-15(18)21)22-16-8-4-6-10-19(16)24-20(22)12-13/h3-12,23-24H,1-2H3. The fraction of sp³-hybridized carbons (Fsp3) is 0.0909. The highest BCUT2D eigenvalue weighted by atomic mass is 14.7. The van der Waals surface area contributed by atoms with Gasteiger partial charge in [-0.05, 0) is 43.2 Å². The molecule has 116 valence electrons. The summed E-state index contributed by atoms with van der Waals surface area (Å²) in [5, 5.41) is 3.88. The van der Waals surface area contributed by atoms with Gasteiger partial charge in [-0.3, -0.25) is 0 Å². The molecular weight excluding hydrogens is 292 g/mol. The van der Waals surface area contributed by atoms with Crippen LogP contribution in [0.15, 0.2) is 60.7 Å². The van der Waals surface area contributed by atoms with Gasteiger partial charge >= 0.3 is 0 Å². The minimum Gasteiger partial charge on any atom is -0.358 e. The van der Waals surface area contributed by atoms with Gasteiger partial charge in [-0.25, -0.2) is 0 Å². The summed E-state index contributed by atoms with van der Waals surface area (Å²) in [7, 11) is 0. The molecule has 0 radical (unpaired) electrons. The zero-order chi connectivity index (χ0) is 16.3. The number of hydrogen-bond donors (Lipinski definition) is 2. The van der Waals surface area contributed by atoms with E-state index >= 15 is 0 Å². The molecule has 2 aromatic heterocycles. The number of nitrogens with one attached hydrogen (secondary N) is 2. The summed E-state index contributed by atoms with van der Waals surface area (Å²) in [6.07, 6.45) is 0. The summed E-state index contributed by atoms with van der Waals surface area (Å²) < 4.78 is 0. The Labute approximate surface area is 140 Å². The smallest absolute Gasteiger partial charge is 0.0473 e. The van der Waals surface area contributed by atoms with Crippen LogP contribution in [-0.2, 0) is 0 Å². The van der Waals surface area contributed by atoms with E-state index in [2.05, 4.69) is 84.5 Å². The van der Waals surface area contributed by atoms with Crippen LogP contribution in [0, 0.1) is 13.8 Å². The van der Waals surface area contributed by atoms with E-state index in [4.69, 9.17) is 0 Å². The third kappa shape index (κ3) is 1.77. The maximum absolute atomic E-state index is 3.58. The first-order chi connectivity index (χ1) is 11.7. The molecule has 0 bridgehead atoms. The van der Waals surface area contributed by atoms with Crippen LogP contribution in [0.1, 0.15) is 11.3 Å². The first-order valence-electron chi connectivity index (χ1n) is 8.31. The molecule has 2 N–H and O–H groups in total. The molecule has 0 aliphatic carbocycles. The van der Waals surface area contributed by atoms with Gasteiger partial charge in [0.15, 0.2) is 0 Å². The molecule has 0 amide bonds.